The Morgan fingerprint density at radius 3 is 2.76 bits per heavy atom. The van der Waals surface area contributed by atoms with Crippen molar-refractivity contribution in [2.75, 3.05) is 5.75 Å². The lowest BCUT2D eigenvalue weighted by atomic mass is 10.3. The summed E-state index contributed by atoms with van der Waals surface area (Å²) in [4.78, 5) is 0. The number of unbranched alkanes of at least 4 members (excludes halogenated alkanes) is 2. The number of nitrogens with zero attached hydrogens (tertiary/aromatic N) is 1. The lowest BCUT2D eigenvalue weighted by Gasteiger charge is -2.00. The Morgan fingerprint density at radius 1 is 1.24 bits per heavy atom. The minimum absolute atomic E-state index is 0.176. The number of para-hydroxylation sites is 1. The van der Waals surface area contributed by atoms with Crippen LogP contribution in [0.25, 0.3) is 10.9 Å². The van der Waals surface area contributed by atoms with Crippen LogP contribution in [0.3, 0.4) is 0 Å². The van der Waals surface area contributed by atoms with Crippen LogP contribution in [0.5, 0.6) is 0 Å². The van der Waals surface area contributed by atoms with Crippen molar-refractivity contribution in [1.29, 1.82) is 0 Å². The molecule has 2 rings (SSSR count). The van der Waals surface area contributed by atoms with Crippen LogP contribution in [0.15, 0.2) is 29.3 Å². The third-order valence-electron chi connectivity index (χ3n) is 2.75. The minimum Gasteiger partial charge on any atom is -0.277 e. The van der Waals surface area contributed by atoms with Crippen molar-refractivity contribution in [3.8, 4) is 0 Å². The van der Waals surface area contributed by atoms with Gasteiger partial charge in [0.2, 0.25) is 0 Å². The van der Waals surface area contributed by atoms with Crippen molar-refractivity contribution in [3.05, 3.63) is 24.3 Å². The maximum Gasteiger partial charge on any atom is 0.198 e. The van der Waals surface area contributed by atoms with Crippen LogP contribution in [-0.2, 0) is 9.84 Å². The van der Waals surface area contributed by atoms with Gasteiger partial charge in [-0.2, -0.15) is 5.10 Å². The molecule has 0 unspecified atom stereocenters. The number of aromatic nitrogens is 2. The molecule has 0 aliphatic heterocycles. The van der Waals surface area contributed by atoms with Crippen LogP contribution in [0.2, 0.25) is 0 Å². The quantitative estimate of drug-likeness (QED) is 0.832. The molecule has 0 spiro atoms. The third kappa shape index (κ3) is 2.49. The van der Waals surface area contributed by atoms with E-state index in [1.807, 2.05) is 18.2 Å². The molecule has 1 N–H and O–H groups in total. The zero-order valence-corrected chi connectivity index (χ0v) is 10.6. The van der Waals surface area contributed by atoms with Gasteiger partial charge < -0.3 is 0 Å². The van der Waals surface area contributed by atoms with E-state index in [4.69, 9.17) is 0 Å². The molecule has 2 aromatic rings. The van der Waals surface area contributed by atoms with E-state index in [9.17, 15) is 8.42 Å². The van der Waals surface area contributed by atoms with E-state index in [-0.39, 0.29) is 10.8 Å². The van der Waals surface area contributed by atoms with Gasteiger partial charge in [-0.1, -0.05) is 31.9 Å². The van der Waals surface area contributed by atoms with Crippen LogP contribution in [0.4, 0.5) is 0 Å². The Kier molecular flexibility index (Phi) is 3.47. The van der Waals surface area contributed by atoms with Crippen molar-refractivity contribution in [1.82, 2.24) is 10.2 Å². The van der Waals surface area contributed by atoms with Crippen LogP contribution < -0.4 is 0 Å². The van der Waals surface area contributed by atoms with E-state index in [2.05, 4.69) is 17.1 Å². The number of hydrogen-bond acceptors (Lipinski definition) is 3. The second kappa shape index (κ2) is 4.87. The second-order valence-corrected chi connectivity index (χ2v) is 6.12. The number of fused-ring (bicyclic) bond motifs is 1. The van der Waals surface area contributed by atoms with Gasteiger partial charge >= 0.3 is 0 Å². The first-order valence-electron chi connectivity index (χ1n) is 5.81. The molecule has 1 aromatic heterocycles. The summed E-state index contributed by atoms with van der Waals surface area (Å²) < 4.78 is 24.2. The fourth-order valence-corrected chi connectivity index (χ4v) is 3.29. The lowest BCUT2D eigenvalue weighted by molar-refractivity contribution is 0.588. The highest BCUT2D eigenvalue weighted by Crippen LogP contribution is 2.21. The molecule has 17 heavy (non-hydrogen) atoms. The van der Waals surface area contributed by atoms with E-state index in [1.165, 1.54) is 0 Å². The molecule has 0 saturated heterocycles. The zero-order chi connectivity index (χ0) is 12.3. The fourth-order valence-electron chi connectivity index (χ4n) is 1.81. The number of hydrogen-bond donors (Lipinski definition) is 1. The van der Waals surface area contributed by atoms with Crippen LogP contribution in [-0.4, -0.2) is 24.4 Å². The summed E-state index contributed by atoms with van der Waals surface area (Å²) in [5.41, 5.74) is 0.765. The second-order valence-electron chi connectivity index (χ2n) is 4.10. The molecule has 5 heteroatoms. The van der Waals surface area contributed by atoms with Crippen LogP contribution >= 0.6 is 0 Å². The van der Waals surface area contributed by atoms with E-state index in [0.29, 0.717) is 11.8 Å². The number of sulfone groups is 1. The summed E-state index contributed by atoms with van der Waals surface area (Å²) in [6.07, 6.45) is 2.64. The minimum atomic E-state index is -3.26. The van der Waals surface area contributed by atoms with Gasteiger partial charge in [0, 0.05) is 5.39 Å². The van der Waals surface area contributed by atoms with Gasteiger partial charge in [0.05, 0.1) is 11.3 Å². The Bertz CT molecular complexity index is 602. The molecule has 4 nitrogen and oxygen atoms in total. The summed E-state index contributed by atoms with van der Waals surface area (Å²) in [5, 5.41) is 7.56. The van der Waals surface area contributed by atoms with Gasteiger partial charge in [-0.25, -0.2) is 8.42 Å². The zero-order valence-electron chi connectivity index (χ0n) is 9.81. The molecule has 1 aromatic carbocycles. The van der Waals surface area contributed by atoms with Gasteiger partial charge in [0.1, 0.15) is 0 Å². The number of H-pyrrole nitrogens is 1. The summed E-state index contributed by atoms with van der Waals surface area (Å²) >= 11 is 0. The molecule has 0 atom stereocenters. The maximum atomic E-state index is 12.1. The highest BCUT2D eigenvalue weighted by molar-refractivity contribution is 7.91. The third-order valence-corrected chi connectivity index (χ3v) is 4.47. The molecule has 0 radical (unpaired) electrons. The van der Waals surface area contributed by atoms with Crippen molar-refractivity contribution in [2.24, 2.45) is 0 Å². The van der Waals surface area contributed by atoms with E-state index in [0.717, 1.165) is 18.4 Å². The first-order chi connectivity index (χ1) is 8.15. The highest BCUT2D eigenvalue weighted by atomic mass is 32.2. The molecular weight excluding hydrogens is 236 g/mol. The topological polar surface area (TPSA) is 62.8 Å². The standard InChI is InChI=1S/C12H16N2O2S/c1-2-3-6-9-17(15,16)12-10-7-4-5-8-11(10)13-14-12/h4-5,7-8H,2-3,6,9H2,1H3,(H,13,14). The number of benzene rings is 1. The molecule has 0 aliphatic rings. The Balaban J connectivity index is 2.33. The molecule has 92 valence electrons. The summed E-state index contributed by atoms with van der Waals surface area (Å²) in [6.45, 7) is 2.05. The molecule has 0 amide bonds. The summed E-state index contributed by atoms with van der Waals surface area (Å²) in [7, 11) is -3.26. The van der Waals surface area contributed by atoms with Gasteiger partial charge in [-0.3, -0.25) is 5.10 Å². The van der Waals surface area contributed by atoms with Crippen molar-refractivity contribution >= 4 is 20.7 Å². The SMILES string of the molecule is CCCCCS(=O)(=O)c1n[nH]c2ccccc12. The predicted molar refractivity (Wildman–Crippen MR) is 67.7 cm³/mol. The Hall–Kier alpha value is -1.36. The van der Waals surface area contributed by atoms with Crippen molar-refractivity contribution < 1.29 is 8.42 Å². The molecule has 0 bridgehead atoms. The summed E-state index contributed by atoms with van der Waals surface area (Å²) in [5.74, 6) is 0.176. The largest absolute Gasteiger partial charge is 0.277 e. The van der Waals surface area contributed by atoms with Crippen LogP contribution in [0, 0.1) is 0 Å². The number of rotatable bonds is 5. The fraction of sp³-hybridized carbons (Fsp3) is 0.417. The van der Waals surface area contributed by atoms with E-state index < -0.39 is 9.84 Å². The highest BCUT2D eigenvalue weighted by Gasteiger charge is 2.20. The predicted octanol–water partition coefficient (Wildman–Crippen LogP) is 2.53. The molecular formula is C12H16N2O2S. The molecule has 0 fully saturated rings. The Labute approximate surface area is 101 Å². The average molecular weight is 252 g/mol. The lowest BCUT2D eigenvalue weighted by Crippen LogP contribution is -2.07. The van der Waals surface area contributed by atoms with Gasteiger partial charge in [-0.15, -0.1) is 0 Å². The maximum absolute atomic E-state index is 12.1. The normalized spacial score (nSPS) is 12.1. The average Bonchev–Trinajstić information content (AvgIpc) is 2.73. The van der Waals surface area contributed by atoms with Crippen LogP contribution in [0.1, 0.15) is 26.2 Å². The molecule has 1 heterocycles. The first kappa shape index (κ1) is 12.1. The van der Waals surface area contributed by atoms with Crippen molar-refractivity contribution in [2.45, 2.75) is 31.2 Å². The van der Waals surface area contributed by atoms with Gasteiger partial charge in [0.15, 0.2) is 14.9 Å². The van der Waals surface area contributed by atoms with E-state index in [1.54, 1.807) is 6.07 Å². The summed E-state index contributed by atoms with van der Waals surface area (Å²) in [6, 6.07) is 7.29. The monoisotopic (exact) mass is 252 g/mol. The number of aromatic amines is 1. The Morgan fingerprint density at radius 2 is 2.00 bits per heavy atom. The van der Waals surface area contributed by atoms with E-state index >= 15 is 0 Å². The van der Waals surface area contributed by atoms with Gasteiger partial charge in [-0.05, 0) is 18.6 Å². The molecule has 0 saturated carbocycles. The van der Waals surface area contributed by atoms with Gasteiger partial charge in [0.25, 0.3) is 0 Å². The number of nitrogens with one attached hydrogen (secondary N) is 1. The molecule has 0 aliphatic carbocycles. The first-order valence-corrected chi connectivity index (χ1v) is 7.46. The van der Waals surface area contributed by atoms with Crippen molar-refractivity contribution in [3.63, 3.8) is 0 Å². The smallest absolute Gasteiger partial charge is 0.198 e.